The molecule has 3 rings (SSSR count). The van der Waals surface area contributed by atoms with Crippen molar-refractivity contribution in [1.82, 2.24) is 9.97 Å². The summed E-state index contributed by atoms with van der Waals surface area (Å²) in [4.78, 5) is 19.0. The van der Waals surface area contributed by atoms with Gasteiger partial charge in [0, 0.05) is 5.56 Å². The van der Waals surface area contributed by atoms with Crippen LogP contribution in [0.5, 0.6) is 5.75 Å². The second kappa shape index (κ2) is 6.15. The average molecular weight is 323 g/mol. The fourth-order valence-corrected chi connectivity index (χ4v) is 2.74. The number of hydrogen-bond donors (Lipinski definition) is 1. The van der Waals surface area contributed by atoms with Crippen molar-refractivity contribution >= 4 is 22.5 Å². The van der Waals surface area contributed by atoms with E-state index in [0.29, 0.717) is 10.9 Å². The molecule has 0 radical (unpaired) electrons. The molecule has 3 aromatic rings. The van der Waals surface area contributed by atoms with Gasteiger partial charge in [-0.2, -0.15) is 5.26 Å². The fraction of sp³-hybridized carbons (Fsp3) is 0.118. The van der Waals surface area contributed by atoms with E-state index in [4.69, 9.17) is 4.74 Å². The van der Waals surface area contributed by atoms with Crippen LogP contribution in [0.25, 0.3) is 22.0 Å². The van der Waals surface area contributed by atoms with Crippen LogP contribution in [0, 0.1) is 11.3 Å². The summed E-state index contributed by atoms with van der Waals surface area (Å²) in [6.45, 7) is 0. The van der Waals surface area contributed by atoms with E-state index in [-0.39, 0.29) is 5.56 Å². The largest absolute Gasteiger partial charge is 0.497 e. The van der Waals surface area contributed by atoms with E-state index in [2.05, 4.69) is 9.97 Å². The van der Waals surface area contributed by atoms with Gasteiger partial charge in [-0.1, -0.05) is 30.0 Å². The Balaban J connectivity index is 2.22. The normalized spacial score (nSPS) is 10.5. The molecule has 1 heterocycles. The molecule has 0 saturated heterocycles. The van der Waals surface area contributed by atoms with Gasteiger partial charge < -0.3 is 9.72 Å². The summed E-state index contributed by atoms with van der Waals surface area (Å²) in [7, 11) is 1.62. The van der Waals surface area contributed by atoms with Gasteiger partial charge in [0.1, 0.15) is 17.4 Å². The van der Waals surface area contributed by atoms with Gasteiger partial charge in [0.05, 0.1) is 12.8 Å². The maximum Gasteiger partial charge on any atom is 0.270 e. The number of fused-ring (bicyclic) bond motifs is 1. The van der Waals surface area contributed by atoms with Crippen LogP contribution in [0.1, 0.15) is 5.56 Å². The predicted molar refractivity (Wildman–Crippen MR) is 90.8 cm³/mol. The second-order valence-corrected chi connectivity index (χ2v) is 5.63. The number of nitriles is 1. The number of H-pyrrole nitrogens is 1. The van der Waals surface area contributed by atoms with Gasteiger partial charge in [-0.05, 0) is 35.2 Å². The Hall–Kier alpha value is -2.78. The first-order valence-electron chi connectivity index (χ1n) is 6.83. The number of nitrogens with one attached hydrogen (secondary N) is 1. The first kappa shape index (κ1) is 15.1. The third-order valence-corrected chi connectivity index (χ3v) is 4.10. The molecule has 2 aromatic carbocycles. The Kier molecular flexibility index (Phi) is 4.04. The summed E-state index contributed by atoms with van der Waals surface area (Å²) in [6.07, 6.45) is 1.82. The number of hydrogen-bond acceptors (Lipinski definition) is 5. The van der Waals surface area contributed by atoms with E-state index in [9.17, 15) is 10.1 Å². The molecular formula is C17H13N3O2S. The van der Waals surface area contributed by atoms with Crippen molar-refractivity contribution in [2.45, 2.75) is 5.16 Å². The number of nitrogens with zero attached hydrogens (tertiary/aromatic N) is 2. The summed E-state index contributed by atoms with van der Waals surface area (Å²) in [6, 6.07) is 13.4. The minimum absolute atomic E-state index is 0.0238. The summed E-state index contributed by atoms with van der Waals surface area (Å²) >= 11 is 1.33. The van der Waals surface area contributed by atoms with Gasteiger partial charge in [-0.25, -0.2) is 4.98 Å². The molecule has 0 fully saturated rings. The Morgan fingerprint density at radius 1 is 1.22 bits per heavy atom. The first-order valence-corrected chi connectivity index (χ1v) is 8.05. The molecule has 0 aliphatic carbocycles. The van der Waals surface area contributed by atoms with Gasteiger partial charge in [-0.15, -0.1) is 0 Å². The lowest BCUT2D eigenvalue weighted by atomic mass is 10.0. The Morgan fingerprint density at radius 2 is 1.96 bits per heavy atom. The Morgan fingerprint density at radius 3 is 2.65 bits per heavy atom. The van der Waals surface area contributed by atoms with E-state index < -0.39 is 5.56 Å². The molecule has 1 aromatic heterocycles. The SMILES string of the molecule is COc1ccc2cc(-c3nc(SC)[nH]c(=O)c3C#N)ccc2c1. The maximum atomic E-state index is 12.0. The number of aromatic amines is 1. The summed E-state index contributed by atoms with van der Waals surface area (Å²) in [5, 5.41) is 11.8. The highest BCUT2D eigenvalue weighted by molar-refractivity contribution is 7.98. The number of rotatable bonds is 3. The summed E-state index contributed by atoms with van der Waals surface area (Å²) in [5.41, 5.74) is 0.742. The molecule has 0 bridgehead atoms. The quantitative estimate of drug-likeness (QED) is 0.591. The zero-order valence-corrected chi connectivity index (χ0v) is 13.4. The molecule has 114 valence electrons. The lowest BCUT2D eigenvalue weighted by molar-refractivity contribution is 0.415. The van der Waals surface area contributed by atoms with Crippen LogP contribution >= 0.6 is 11.8 Å². The first-order chi connectivity index (χ1) is 11.2. The van der Waals surface area contributed by atoms with Crippen molar-refractivity contribution in [3.63, 3.8) is 0 Å². The molecule has 0 unspecified atom stereocenters. The van der Waals surface area contributed by atoms with Crippen LogP contribution in [0.15, 0.2) is 46.3 Å². The van der Waals surface area contributed by atoms with Crippen LogP contribution in [-0.4, -0.2) is 23.3 Å². The lowest BCUT2D eigenvalue weighted by Gasteiger charge is -2.07. The van der Waals surface area contributed by atoms with E-state index >= 15 is 0 Å². The van der Waals surface area contributed by atoms with Crippen molar-refractivity contribution < 1.29 is 4.74 Å². The zero-order chi connectivity index (χ0) is 16.4. The van der Waals surface area contributed by atoms with Gasteiger partial charge in [0.15, 0.2) is 5.16 Å². The molecule has 0 atom stereocenters. The van der Waals surface area contributed by atoms with Crippen molar-refractivity contribution in [2.75, 3.05) is 13.4 Å². The van der Waals surface area contributed by atoms with E-state index in [1.165, 1.54) is 11.8 Å². The van der Waals surface area contributed by atoms with Gasteiger partial charge in [-0.3, -0.25) is 4.79 Å². The van der Waals surface area contributed by atoms with Crippen LogP contribution in [0.3, 0.4) is 0 Å². The van der Waals surface area contributed by atoms with Crippen LogP contribution < -0.4 is 10.3 Å². The topological polar surface area (TPSA) is 78.8 Å². The molecule has 0 saturated carbocycles. The molecule has 23 heavy (non-hydrogen) atoms. The third kappa shape index (κ3) is 2.79. The third-order valence-electron chi connectivity index (χ3n) is 3.52. The molecule has 6 heteroatoms. The van der Waals surface area contributed by atoms with E-state index in [1.54, 1.807) is 7.11 Å². The van der Waals surface area contributed by atoms with Crippen LogP contribution in [0.2, 0.25) is 0 Å². The predicted octanol–water partition coefficient (Wildman–Crippen LogP) is 3.19. The molecule has 0 aliphatic heterocycles. The number of methoxy groups -OCH3 is 1. The molecular weight excluding hydrogens is 310 g/mol. The molecule has 5 nitrogen and oxygen atoms in total. The van der Waals surface area contributed by atoms with Gasteiger partial charge in [0.25, 0.3) is 5.56 Å². The zero-order valence-electron chi connectivity index (χ0n) is 12.6. The highest BCUT2D eigenvalue weighted by Crippen LogP contribution is 2.27. The number of benzene rings is 2. The average Bonchev–Trinajstić information content (AvgIpc) is 2.59. The second-order valence-electron chi connectivity index (χ2n) is 4.84. The molecule has 0 spiro atoms. The maximum absolute atomic E-state index is 12.0. The summed E-state index contributed by atoms with van der Waals surface area (Å²) < 4.78 is 5.22. The Bertz CT molecular complexity index is 989. The van der Waals surface area contributed by atoms with Crippen LogP contribution in [0.4, 0.5) is 0 Å². The smallest absolute Gasteiger partial charge is 0.270 e. The number of aromatic nitrogens is 2. The van der Waals surface area contributed by atoms with Gasteiger partial charge in [0.2, 0.25) is 0 Å². The van der Waals surface area contributed by atoms with Crippen molar-refractivity contribution in [2.24, 2.45) is 0 Å². The summed E-state index contributed by atoms with van der Waals surface area (Å²) in [5.74, 6) is 0.780. The monoisotopic (exact) mass is 323 g/mol. The lowest BCUT2D eigenvalue weighted by Crippen LogP contribution is -2.14. The number of thioether (sulfide) groups is 1. The molecule has 1 N–H and O–H groups in total. The minimum atomic E-state index is -0.420. The standard InChI is InChI=1S/C17H13N3O2S/c1-22-13-6-5-10-7-12(4-3-11(10)8-13)15-14(9-18)16(21)20-17(19-15)23-2/h3-8H,1-2H3,(H,19,20,21). The van der Waals surface area contributed by atoms with E-state index in [1.807, 2.05) is 48.7 Å². The molecule has 0 amide bonds. The Labute approximate surface area is 136 Å². The van der Waals surface area contributed by atoms with Crippen molar-refractivity contribution in [3.8, 4) is 23.1 Å². The highest BCUT2D eigenvalue weighted by Gasteiger charge is 2.13. The number of ether oxygens (including phenoxy) is 1. The van der Waals surface area contributed by atoms with Crippen molar-refractivity contribution in [1.29, 1.82) is 5.26 Å². The van der Waals surface area contributed by atoms with E-state index in [0.717, 1.165) is 22.1 Å². The highest BCUT2D eigenvalue weighted by atomic mass is 32.2. The fourth-order valence-electron chi connectivity index (χ4n) is 2.36. The van der Waals surface area contributed by atoms with Gasteiger partial charge >= 0.3 is 0 Å². The molecule has 0 aliphatic rings. The minimum Gasteiger partial charge on any atom is -0.497 e. The van der Waals surface area contributed by atoms with Crippen molar-refractivity contribution in [3.05, 3.63) is 52.3 Å². The van der Waals surface area contributed by atoms with Crippen LogP contribution in [-0.2, 0) is 0 Å².